The Balaban J connectivity index is 1.37. The van der Waals surface area contributed by atoms with Gasteiger partial charge in [0, 0.05) is 31.0 Å². The number of carbonyl (C=O) groups is 3. The van der Waals surface area contributed by atoms with E-state index in [9.17, 15) is 14.4 Å². The van der Waals surface area contributed by atoms with Crippen molar-refractivity contribution in [3.8, 4) is 11.1 Å². The van der Waals surface area contributed by atoms with Crippen LogP contribution in [0.2, 0.25) is 0 Å². The molecule has 0 radical (unpaired) electrons. The minimum Gasteiger partial charge on any atom is -0.481 e. The maximum Gasteiger partial charge on any atom is 0.407 e. The van der Waals surface area contributed by atoms with Crippen LogP contribution in [0.5, 0.6) is 0 Å². The Morgan fingerprint density at radius 2 is 1.68 bits per heavy atom. The lowest BCUT2D eigenvalue weighted by Gasteiger charge is -2.28. The molecule has 2 atom stereocenters. The van der Waals surface area contributed by atoms with Crippen molar-refractivity contribution in [2.24, 2.45) is 5.92 Å². The topological polar surface area (TPSA) is 95.9 Å². The van der Waals surface area contributed by atoms with Crippen LogP contribution in [0, 0.1) is 5.92 Å². The van der Waals surface area contributed by atoms with Gasteiger partial charge in [0.25, 0.3) is 0 Å². The molecule has 2 aromatic carbocycles. The Hall–Kier alpha value is -3.35. The molecule has 1 saturated heterocycles. The zero-order valence-corrected chi connectivity index (χ0v) is 19.7. The largest absolute Gasteiger partial charge is 0.481 e. The zero-order valence-electron chi connectivity index (χ0n) is 19.7. The Morgan fingerprint density at radius 3 is 2.26 bits per heavy atom. The first-order valence-electron chi connectivity index (χ1n) is 12.0. The van der Waals surface area contributed by atoms with Gasteiger partial charge >= 0.3 is 12.1 Å². The number of fused-ring (bicyclic) bond motifs is 3. The number of nitrogens with one attached hydrogen (secondary N) is 1. The maximum atomic E-state index is 12.9. The first-order valence-corrected chi connectivity index (χ1v) is 12.0. The molecule has 2 aliphatic rings. The van der Waals surface area contributed by atoms with E-state index in [1.165, 1.54) is 11.1 Å². The first-order chi connectivity index (χ1) is 16.3. The maximum absolute atomic E-state index is 12.9. The van der Waals surface area contributed by atoms with Gasteiger partial charge in [0.1, 0.15) is 6.61 Å². The molecule has 34 heavy (non-hydrogen) atoms. The van der Waals surface area contributed by atoms with E-state index < -0.39 is 18.1 Å². The number of amides is 2. The monoisotopic (exact) mass is 464 g/mol. The van der Waals surface area contributed by atoms with Gasteiger partial charge < -0.3 is 20.1 Å². The van der Waals surface area contributed by atoms with E-state index in [1.54, 1.807) is 4.90 Å². The fourth-order valence-corrected chi connectivity index (χ4v) is 5.13. The Morgan fingerprint density at radius 1 is 1.06 bits per heavy atom. The summed E-state index contributed by atoms with van der Waals surface area (Å²) in [4.78, 5) is 38.4. The number of nitrogens with zero attached hydrogens (tertiary/aromatic N) is 1. The molecule has 0 aromatic heterocycles. The molecule has 7 heteroatoms. The Labute approximate surface area is 200 Å². The smallest absolute Gasteiger partial charge is 0.407 e. The number of likely N-dealkylation sites (tertiary alicyclic amines) is 1. The lowest BCUT2D eigenvalue weighted by atomic mass is 9.98. The van der Waals surface area contributed by atoms with E-state index in [2.05, 4.69) is 29.6 Å². The van der Waals surface area contributed by atoms with Crippen LogP contribution in [0.25, 0.3) is 11.1 Å². The van der Waals surface area contributed by atoms with E-state index in [-0.39, 0.29) is 43.2 Å². The number of ether oxygens (including phenoxy) is 1. The second-order valence-electron chi connectivity index (χ2n) is 9.51. The van der Waals surface area contributed by atoms with Gasteiger partial charge in [0.15, 0.2) is 0 Å². The van der Waals surface area contributed by atoms with Gasteiger partial charge in [-0.2, -0.15) is 0 Å². The molecule has 2 N–H and O–H groups in total. The molecule has 1 aliphatic heterocycles. The predicted octanol–water partition coefficient (Wildman–Crippen LogP) is 4.41. The highest BCUT2D eigenvalue weighted by atomic mass is 16.5. The van der Waals surface area contributed by atoms with E-state index in [4.69, 9.17) is 9.84 Å². The Kier molecular flexibility index (Phi) is 7.20. The highest BCUT2D eigenvalue weighted by Crippen LogP contribution is 2.44. The Bertz CT molecular complexity index is 1020. The molecular formula is C27H32N2O5. The van der Waals surface area contributed by atoms with Crippen LogP contribution in [-0.4, -0.2) is 53.2 Å². The average molecular weight is 465 g/mol. The summed E-state index contributed by atoms with van der Waals surface area (Å²) in [5, 5.41) is 12.0. The van der Waals surface area contributed by atoms with Crippen molar-refractivity contribution >= 4 is 18.0 Å². The molecule has 1 heterocycles. The van der Waals surface area contributed by atoms with Crippen molar-refractivity contribution in [2.45, 2.75) is 57.5 Å². The highest BCUT2D eigenvalue weighted by molar-refractivity contribution is 5.80. The molecule has 0 saturated carbocycles. The summed E-state index contributed by atoms with van der Waals surface area (Å²) in [6.45, 7) is 4.67. The molecule has 1 aliphatic carbocycles. The molecule has 0 spiro atoms. The fourth-order valence-electron chi connectivity index (χ4n) is 5.13. The van der Waals surface area contributed by atoms with Gasteiger partial charge in [-0.15, -0.1) is 0 Å². The third-order valence-corrected chi connectivity index (χ3v) is 6.95. The van der Waals surface area contributed by atoms with Crippen molar-refractivity contribution in [2.75, 3.05) is 13.2 Å². The van der Waals surface area contributed by atoms with Crippen molar-refractivity contribution in [1.82, 2.24) is 10.2 Å². The lowest BCUT2D eigenvalue weighted by Crippen LogP contribution is -2.45. The summed E-state index contributed by atoms with van der Waals surface area (Å²) in [5.74, 6) is -1.04. The van der Waals surface area contributed by atoms with Crippen molar-refractivity contribution in [3.63, 3.8) is 0 Å². The van der Waals surface area contributed by atoms with Gasteiger partial charge in [0.2, 0.25) is 5.91 Å². The molecule has 0 bridgehead atoms. The second-order valence-corrected chi connectivity index (χ2v) is 9.51. The number of hydrogen-bond donors (Lipinski definition) is 2. The minimum atomic E-state index is -0.901. The van der Waals surface area contributed by atoms with Gasteiger partial charge in [-0.3, -0.25) is 9.59 Å². The van der Waals surface area contributed by atoms with E-state index >= 15 is 0 Å². The molecule has 7 nitrogen and oxygen atoms in total. The number of aliphatic carboxylic acids is 1. The molecule has 180 valence electrons. The number of alkyl carbamates (subject to hydrolysis) is 1. The van der Waals surface area contributed by atoms with Crippen LogP contribution in [-0.2, 0) is 14.3 Å². The normalized spacial score (nSPS) is 17.9. The summed E-state index contributed by atoms with van der Waals surface area (Å²) < 4.78 is 5.65. The second kappa shape index (κ2) is 10.3. The number of hydrogen-bond acceptors (Lipinski definition) is 4. The molecule has 2 aromatic rings. The summed E-state index contributed by atoms with van der Waals surface area (Å²) in [6.07, 6.45) is 1.03. The summed E-state index contributed by atoms with van der Waals surface area (Å²) >= 11 is 0. The van der Waals surface area contributed by atoms with Crippen LogP contribution >= 0.6 is 0 Å². The average Bonchev–Trinajstić information content (AvgIpc) is 3.39. The van der Waals surface area contributed by atoms with Gasteiger partial charge in [-0.25, -0.2) is 4.79 Å². The third-order valence-electron chi connectivity index (χ3n) is 6.95. The van der Waals surface area contributed by atoms with Gasteiger partial charge in [0.05, 0.1) is 6.42 Å². The van der Waals surface area contributed by atoms with Crippen LogP contribution < -0.4 is 5.32 Å². The van der Waals surface area contributed by atoms with E-state index in [0.717, 1.165) is 17.5 Å². The molecule has 0 unspecified atom stereocenters. The number of carboxylic acid groups (broad SMARTS) is 1. The van der Waals surface area contributed by atoms with Gasteiger partial charge in [-0.1, -0.05) is 62.4 Å². The predicted molar refractivity (Wildman–Crippen MR) is 128 cm³/mol. The molecule has 1 fully saturated rings. The molecular weight excluding hydrogens is 432 g/mol. The van der Waals surface area contributed by atoms with Crippen molar-refractivity contribution in [1.29, 1.82) is 0 Å². The summed E-state index contributed by atoms with van der Waals surface area (Å²) in [6, 6.07) is 15.7. The minimum absolute atomic E-state index is 0.0185. The number of rotatable bonds is 8. The van der Waals surface area contributed by atoms with Gasteiger partial charge in [-0.05, 0) is 41.0 Å². The SMILES string of the molecule is CC(C)[C@H](CC(=O)N1CCC[C@@H]1CC(=O)O)NC(=O)OCC1c2ccccc2-c2ccccc21. The van der Waals surface area contributed by atoms with Crippen LogP contribution in [0.1, 0.15) is 56.6 Å². The van der Waals surface area contributed by atoms with Crippen LogP contribution in [0.15, 0.2) is 48.5 Å². The number of carbonyl (C=O) groups excluding carboxylic acids is 2. The van der Waals surface area contributed by atoms with E-state index in [1.807, 2.05) is 38.1 Å². The van der Waals surface area contributed by atoms with Crippen LogP contribution in [0.3, 0.4) is 0 Å². The lowest BCUT2D eigenvalue weighted by molar-refractivity contribution is -0.140. The molecule has 2 amide bonds. The fraction of sp³-hybridized carbons (Fsp3) is 0.444. The number of benzene rings is 2. The van der Waals surface area contributed by atoms with Crippen LogP contribution in [0.4, 0.5) is 4.79 Å². The first kappa shape index (κ1) is 23.8. The van der Waals surface area contributed by atoms with Crippen molar-refractivity contribution in [3.05, 3.63) is 59.7 Å². The molecule has 4 rings (SSSR count). The quantitative estimate of drug-likeness (QED) is 0.604. The third kappa shape index (κ3) is 5.08. The highest BCUT2D eigenvalue weighted by Gasteiger charge is 2.33. The number of carboxylic acids is 1. The summed E-state index contributed by atoms with van der Waals surface area (Å²) in [5.41, 5.74) is 4.62. The zero-order chi connectivity index (χ0) is 24.2. The van der Waals surface area contributed by atoms with Crippen molar-refractivity contribution < 1.29 is 24.2 Å². The van der Waals surface area contributed by atoms with E-state index in [0.29, 0.717) is 13.0 Å². The standard InChI is InChI=1S/C27H32N2O5/c1-17(2)24(15-25(30)29-13-7-8-18(29)14-26(31)32)28-27(33)34-16-23-21-11-5-3-9-19(21)20-10-4-6-12-22(20)23/h3-6,9-12,17-18,23-24H,7-8,13-16H2,1-2H3,(H,28,33)(H,31,32)/t18-,24+/m1/s1. The summed E-state index contributed by atoms with van der Waals surface area (Å²) in [7, 11) is 0.